The standard InChI is InChI=1S/C10H17F3N2O2/c1-7-5-17-3-2-8(7)14-4-9(16)15-6-10(11,12)13/h7-8,14H,2-6H2,1H3,(H,15,16). The average molecular weight is 254 g/mol. The zero-order valence-electron chi connectivity index (χ0n) is 9.64. The molecule has 1 aliphatic rings. The Morgan fingerprint density at radius 1 is 1.47 bits per heavy atom. The number of amides is 1. The van der Waals surface area contributed by atoms with E-state index >= 15 is 0 Å². The largest absolute Gasteiger partial charge is 0.405 e. The van der Waals surface area contributed by atoms with Crippen molar-refractivity contribution in [1.29, 1.82) is 0 Å². The van der Waals surface area contributed by atoms with Gasteiger partial charge in [0.1, 0.15) is 6.54 Å². The van der Waals surface area contributed by atoms with Crippen LogP contribution in [0.15, 0.2) is 0 Å². The zero-order valence-corrected chi connectivity index (χ0v) is 9.64. The van der Waals surface area contributed by atoms with Gasteiger partial charge in [0.15, 0.2) is 0 Å². The Balaban J connectivity index is 2.19. The summed E-state index contributed by atoms with van der Waals surface area (Å²) in [6.45, 7) is 1.83. The minimum Gasteiger partial charge on any atom is -0.381 e. The minimum atomic E-state index is -4.36. The molecule has 17 heavy (non-hydrogen) atoms. The summed E-state index contributed by atoms with van der Waals surface area (Å²) in [6, 6.07) is 0.125. The summed E-state index contributed by atoms with van der Waals surface area (Å²) in [7, 11) is 0. The summed E-state index contributed by atoms with van der Waals surface area (Å²) in [5, 5.41) is 4.77. The Morgan fingerprint density at radius 2 is 2.18 bits per heavy atom. The molecule has 1 heterocycles. The van der Waals surface area contributed by atoms with Gasteiger partial charge >= 0.3 is 6.18 Å². The van der Waals surface area contributed by atoms with Crippen molar-refractivity contribution in [1.82, 2.24) is 10.6 Å². The van der Waals surface area contributed by atoms with Gasteiger partial charge in [-0.2, -0.15) is 13.2 Å². The van der Waals surface area contributed by atoms with Gasteiger partial charge < -0.3 is 15.4 Å². The minimum absolute atomic E-state index is 0.0922. The highest BCUT2D eigenvalue weighted by Crippen LogP contribution is 2.13. The molecule has 2 unspecified atom stereocenters. The molecular weight excluding hydrogens is 237 g/mol. The number of carbonyl (C=O) groups excluding carboxylic acids is 1. The molecular formula is C10H17F3N2O2. The van der Waals surface area contributed by atoms with Crippen molar-refractivity contribution < 1.29 is 22.7 Å². The molecule has 1 fully saturated rings. The third kappa shape index (κ3) is 5.88. The molecule has 0 aromatic carbocycles. The molecule has 0 saturated carbocycles. The van der Waals surface area contributed by atoms with Crippen LogP contribution in [0, 0.1) is 5.92 Å². The lowest BCUT2D eigenvalue weighted by Crippen LogP contribution is -2.46. The van der Waals surface area contributed by atoms with Crippen LogP contribution in [-0.4, -0.2) is 44.4 Å². The van der Waals surface area contributed by atoms with Crippen molar-refractivity contribution in [2.24, 2.45) is 5.92 Å². The molecule has 4 nitrogen and oxygen atoms in total. The molecule has 1 saturated heterocycles. The smallest absolute Gasteiger partial charge is 0.381 e. The van der Waals surface area contributed by atoms with Crippen LogP contribution in [0.25, 0.3) is 0 Å². The Hall–Kier alpha value is -0.820. The van der Waals surface area contributed by atoms with Crippen molar-refractivity contribution in [3.63, 3.8) is 0 Å². The predicted molar refractivity (Wildman–Crippen MR) is 55.5 cm³/mol. The number of hydrogen-bond donors (Lipinski definition) is 2. The van der Waals surface area contributed by atoms with Crippen LogP contribution in [0.4, 0.5) is 13.2 Å². The van der Waals surface area contributed by atoms with Crippen LogP contribution in [0.3, 0.4) is 0 Å². The zero-order chi connectivity index (χ0) is 12.9. The van der Waals surface area contributed by atoms with Gasteiger partial charge in [0.2, 0.25) is 5.91 Å². The van der Waals surface area contributed by atoms with Crippen molar-refractivity contribution in [3.05, 3.63) is 0 Å². The molecule has 7 heteroatoms. The third-order valence-electron chi connectivity index (χ3n) is 2.65. The maximum Gasteiger partial charge on any atom is 0.405 e. The summed E-state index contributed by atoms with van der Waals surface area (Å²) >= 11 is 0. The molecule has 1 amide bonds. The second-order valence-electron chi connectivity index (χ2n) is 4.22. The topological polar surface area (TPSA) is 50.4 Å². The summed E-state index contributed by atoms with van der Waals surface area (Å²) < 4.78 is 40.7. The normalized spacial score (nSPS) is 25.6. The first kappa shape index (κ1) is 14.2. The Labute approximate surface area is 97.9 Å². The van der Waals surface area contributed by atoms with E-state index in [9.17, 15) is 18.0 Å². The van der Waals surface area contributed by atoms with E-state index in [2.05, 4.69) is 5.32 Å². The number of ether oxygens (including phenoxy) is 1. The Bertz CT molecular complexity index is 258. The SMILES string of the molecule is CC1COCCC1NCC(=O)NCC(F)(F)F. The molecule has 0 radical (unpaired) electrons. The number of rotatable bonds is 4. The van der Waals surface area contributed by atoms with E-state index in [4.69, 9.17) is 4.74 Å². The summed E-state index contributed by atoms with van der Waals surface area (Å²) in [5.41, 5.74) is 0. The van der Waals surface area contributed by atoms with Crippen LogP contribution < -0.4 is 10.6 Å². The van der Waals surface area contributed by atoms with Crippen molar-refractivity contribution in [2.45, 2.75) is 25.6 Å². The van der Waals surface area contributed by atoms with E-state index in [-0.39, 0.29) is 18.5 Å². The van der Waals surface area contributed by atoms with Crippen LogP contribution in [0.2, 0.25) is 0 Å². The fourth-order valence-corrected chi connectivity index (χ4v) is 1.67. The van der Waals surface area contributed by atoms with Gasteiger partial charge in [-0.25, -0.2) is 0 Å². The van der Waals surface area contributed by atoms with Gasteiger partial charge in [-0.3, -0.25) is 4.79 Å². The lowest BCUT2D eigenvalue weighted by molar-refractivity contribution is -0.138. The summed E-state index contributed by atoms with van der Waals surface area (Å²) in [4.78, 5) is 11.1. The molecule has 0 aliphatic carbocycles. The van der Waals surface area contributed by atoms with E-state index in [1.807, 2.05) is 12.2 Å². The highest BCUT2D eigenvalue weighted by Gasteiger charge is 2.28. The number of alkyl halides is 3. The quantitative estimate of drug-likeness (QED) is 0.775. The van der Waals surface area contributed by atoms with Gasteiger partial charge in [-0.15, -0.1) is 0 Å². The van der Waals surface area contributed by atoms with Gasteiger partial charge in [0, 0.05) is 12.6 Å². The van der Waals surface area contributed by atoms with E-state index < -0.39 is 18.6 Å². The van der Waals surface area contributed by atoms with E-state index in [1.165, 1.54) is 0 Å². The molecule has 100 valence electrons. The Kier molecular flexibility index (Phi) is 5.20. The molecule has 0 aromatic heterocycles. The molecule has 0 bridgehead atoms. The number of halogens is 3. The monoisotopic (exact) mass is 254 g/mol. The maximum atomic E-state index is 11.8. The van der Waals surface area contributed by atoms with Crippen LogP contribution in [-0.2, 0) is 9.53 Å². The van der Waals surface area contributed by atoms with Crippen LogP contribution in [0.5, 0.6) is 0 Å². The first-order valence-corrected chi connectivity index (χ1v) is 5.53. The number of hydrogen-bond acceptors (Lipinski definition) is 3. The molecule has 0 spiro atoms. The van der Waals surface area contributed by atoms with Gasteiger partial charge in [-0.05, 0) is 12.3 Å². The number of carbonyl (C=O) groups is 1. The van der Waals surface area contributed by atoms with Crippen LogP contribution in [0.1, 0.15) is 13.3 Å². The highest BCUT2D eigenvalue weighted by atomic mass is 19.4. The highest BCUT2D eigenvalue weighted by molar-refractivity contribution is 5.78. The number of nitrogens with one attached hydrogen (secondary N) is 2. The summed E-state index contributed by atoms with van der Waals surface area (Å²) in [5.74, 6) is -0.375. The summed E-state index contributed by atoms with van der Waals surface area (Å²) in [6.07, 6.45) is -3.59. The van der Waals surface area contributed by atoms with Gasteiger partial charge in [-0.1, -0.05) is 6.92 Å². The van der Waals surface area contributed by atoms with Crippen molar-refractivity contribution in [3.8, 4) is 0 Å². The Morgan fingerprint density at radius 3 is 2.76 bits per heavy atom. The second kappa shape index (κ2) is 6.20. The van der Waals surface area contributed by atoms with Crippen molar-refractivity contribution in [2.75, 3.05) is 26.3 Å². The second-order valence-corrected chi connectivity index (χ2v) is 4.22. The van der Waals surface area contributed by atoms with E-state index in [1.54, 1.807) is 0 Å². The molecule has 0 aromatic rings. The molecule has 2 N–H and O–H groups in total. The fraction of sp³-hybridized carbons (Fsp3) is 0.900. The van der Waals surface area contributed by atoms with Gasteiger partial charge in [0.25, 0.3) is 0 Å². The molecule has 1 aliphatic heterocycles. The third-order valence-corrected chi connectivity index (χ3v) is 2.65. The first-order chi connectivity index (χ1) is 7.88. The van der Waals surface area contributed by atoms with Crippen LogP contribution >= 0.6 is 0 Å². The van der Waals surface area contributed by atoms with Crippen molar-refractivity contribution >= 4 is 5.91 Å². The maximum absolute atomic E-state index is 11.8. The molecule has 1 rings (SSSR count). The van der Waals surface area contributed by atoms with E-state index in [0.717, 1.165) is 6.42 Å². The predicted octanol–water partition coefficient (Wildman–Crippen LogP) is 0.679. The van der Waals surface area contributed by atoms with E-state index in [0.29, 0.717) is 13.2 Å². The first-order valence-electron chi connectivity index (χ1n) is 5.53. The fourth-order valence-electron chi connectivity index (χ4n) is 1.67. The molecule has 2 atom stereocenters. The lowest BCUT2D eigenvalue weighted by atomic mass is 9.98. The average Bonchev–Trinajstić information content (AvgIpc) is 2.24. The lowest BCUT2D eigenvalue weighted by Gasteiger charge is -2.29. The van der Waals surface area contributed by atoms with Gasteiger partial charge in [0.05, 0.1) is 13.2 Å².